The van der Waals surface area contributed by atoms with Crippen molar-refractivity contribution in [1.82, 2.24) is 5.27 Å². The zero-order valence-electron chi connectivity index (χ0n) is 21.5. The Morgan fingerprint density at radius 3 is 2.39 bits per heavy atom. The Balaban J connectivity index is 1.60. The summed E-state index contributed by atoms with van der Waals surface area (Å²) >= 11 is 1.12. The third kappa shape index (κ3) is 5.72. The van der Waals surface area contributed by atoms with Crippen molar-refractivity contribution < 1.29 is 33.1 Å². The first-order valence-corrected chi connectivity index (χ1v) is 12.3. The number of para-hydroxylation sites is 1. The highest BCUT2D eigenvalue weighted by molar-refractivity contribution is 8.14. The third-order valence-corrected chi connectivity index (χ3v) is 6.23. The molecule has 0 fully saturated rings. The van der Waals surface area contributed by atoms with Gasteiger partial charge in [-0.05, 0) is 35.9 Å². The summed E-state index contributed by atoms with van der Waals surface area (Å²) in [5.74, 6) is 0.823. The quantitative estimate of drug-likeness (QED) is 0.322. The molecule has 0 bridgehead atoms. The molecule has 2 aromatic carbocycles. The predicted molar refractivity (Wildman–Crippen MR) is 143 cm³/mol. The molecule has 1 aromatic heterocycles. The van der Waals surface area contributed by atoms with Crippen LogP contribution in [0.25, 0.3) is 6.08 Å². The number of aliphatic imine (C=N–C) groups is 1. The van der Waals surface area contributed by atoms with Crippen molar-refractivity contribution in [2.45, 2.75) is 0 Å². The molecule has 13 heteroatoms. The van der Waals surface area contributed by atoms with Crippen molar-refractivity contribution in [2.75, 3.05) is 56.4 Å². The standard InChI is InChI=1S/C25H26N6O6S/c1-29(2)30-14-22(37-28-30)27-21(32)15-38-25-26-18(24(33)31(25)17-9-7-6-8-10-17)11-16-12-19(34-3)23(36-5)20(13-16)35-4/h6-14H,15H2,1-5H3/p+1/b18-11+. The molecule has 198 valence electrons. The van der Waals surface area contributed by atoms with E-state index in [0.717, 1.165) is 11.8 Å². The van der Waals surface area contributed by atoms with Crippen LogP contribution in [-0.2, 0) is 9.59 Å². The monoisotopic (exact) mass is 539 g/mol. The van der Waals surface area contributed by atoms with Crippen LogP contribution in [-0.4, -0.2) is 63.4 Å². The molecule has 3 aromatic rings. The van der Waals surface area contributed by atoms with Gasteiger partial charge in [0.1, 0.15) is 5.70 Å². The number of rotatable bonds is 9. The van der Waals surface area contributed by atoms with Gasteiger partial charge < -0.3 is 14.2 Å². The summed E-state index contributed by atoms with van der Waals surface area (Å²) in [6, 6.07) is 12.5. The molecule has 38 heavy (non-hydrogen) atoms. The molecule has 2 heterocycles. The fourth-order valence-corrected chi connectivity index (χ4v) is 4.34. The van der Waals surface area contributed by atoms with Crippen molar-refractivity contribution >= 4 is 46.4 Å². The zero-order valence-corrected chi connectivity index (χ0v) is 22.3. The van der Waals surface area contributed by atoms with E-state index in [-0.39, 0.29) is 29.1 Å². The van der Waals surface area contributed by atoms with E-state index >= 15 is 0 Å². The largest absolute Gasteiger partial charge is 0.493 e. The first kappa shape index (κ1) is 26.5. The van der Waals surface area contributed by atoms with Crippen LogP contribution in [0.5, 0.6) is 17.2 Å². The molecule has 1 aliphatic rings. The van der Waals surface area contributed by atoms with Crippen molar-refractivity contribution in [1.29, 1.82) is 0 Å². The highest BCUT2D eigenvalue weighted by atomic mass is 32.2. The average Bonchev–Trinajstić information content (AvgIpc) is 3.51. The van der Waals surface area contributed by atoms with Crippen LogP contribution in [0.2, 0.25) is 0 Å². The van der Waals surface area contributed by atoms with Crippen LogP contribution in [0.1, 0.15) is 5.56 Å². The summed E-state index contributed by atoms with van der Waals surface area (Å²) in [6.45, 7) is 0. The van der Waals surface area contributed by atoms with Crippen LogP contribution in [0.4, 0.5) is 11.6 Å². The van der Waals surface area contributed by atoms with Crippen molar-refractivity contribution in [3.8, 4) is 17.2 Å². The lowest BCUT2D eigenvalue weighted by molar-refractivity contribution is -0.753. The number of amidine groups is 1. The molecule has 0 saturated heterocycles. The minimum Gasteiger partial charge on any atom is -0.493 e. The van der Waals surface area contributed by atoms with Gasteiger partial charge in [0.05, 0.1) is 51.7 Å². The van der Waals surface area contributed by atoms with Gasteiger partial charge in [0, 0.05) is 0 Å². The van der Waals surface area contributed by atoms with Gasteiger partial charge in [-0.1, -0.05) is 30.0 Å². The van der Waals surface area contributed by atoms with Crippen molar-refractivity contribution in [3.05, 3.63) is 59.9 Å². The maximum atomic E-state index is 13.5. The van der Waals surface area contributed by atoms with Crippen molar-refractivity contribution in [3.63, 3.8) is 0 Å². The Kier molecular flexibility index (Phi) is 8.16. The molecule has 0 radical (unpaired) electrons. The minimum atomic E-state index is -0.345. The lowest BCUT2D eigenvalue weighted by Gasteiger charge is -2.17. The first-order chi connectivity index (χ1) is 18.3. The fourth-order valence-electron chi connectivity index (χ4n) is 3.53. The highest BCUT2D eigenvalue weighted by Crippen LogP contribution is 2.39. The molecule has 12 nitrogen and oxygen atoms in total. The lowest BCUT2D eigenvalue weighted by Crippen LogP contribution is -2.53. The lowest BCUT2D eigenvalue weighted by atomic mass is 10.1. The van der Waals surface area contributed by atoms with Gasteiger partial charge in [-0.25, -0.2) is 4.99 Å². The van der Waals surface area contributed by atoms with Crippen LogP contribution in [0.15, 0.2) is 63.9 Å². The molecule has 0 aliphatic carbocycles. The van der Waals surface area contributed by atoms with E-state index in [1.54, 1.807) is 49.4 Å². The van der Waals surface area contributed by atoms with Gasteiger partial charge in [-0.3, -0.25) is 24.3 Å². The molecule has 0 spiro atoms. The number of nitrogens with one attached hydrogen (secondary N) is 1. The number of carbonyl (C=O) groups is 2. The number of ether oxygens (including phenoxy) is 3. The Labute approximate surface area is 223 Å². The van der Waals surface area contributed by atoms with Crippen LogP contribution in [0.3, 0.4) is 0 Å². The maximum Gasteiger partial charge on any atom is 0.305 e. The molecule has 4 rings (SSSR count). The Hall–Kier alpha value is -4.52. The van der Waals surface area contributed by atoms with E-state index in [0.29, 0.717) is 33.7 Å². The Bertz CT molecular complexity index is 1360. The second kappa shape index (κ2) is 11.7. The first-order valence-electron chi connectivity index (χ1n) is 11.3. The van der Waals surface area contributed by atoms with E-state index in [1.165, 1.54) is 37.2 Å². The number of amides is 2. The van der Waals surface area contributed by atoms with E-state index in [9.17, 15) is 9.59 Å². The minimum absolute atomic E-state index is 0.0183. The summed E-state index contributed by atoms with van der Waals surface area (Å²) < 4.78 is 21.3. The Morgan fingerprint density at radius 1 is 1.13 bits per heavy atom. The second-order valence-corrected chi connectivity index (χ2v) is 8.97. The summed E-state index contributed by atoms with van der Waals surface area (Å²) in [4.78, 5) is 33.5. The number of thioether (sulfide) groups is 1. The van der Waals surface area contributed by atoms with E-state index in [2.05, 4.69) is 15.6 Å². The van der Waals surface area contributed by atoms with E-state index < -0.39 is 0 Å². The maximum absolute atomic E-state index is 13.5. The van der Waals surface area contributed by atoms with Crippen molar-refractivity contribution in [2.24, 2.45) is 4.99 Å². The number of methoxy groups -OCH3 is 3. The molecule has 2 amide bonds. The normalized spacial score (nSPS) is 13.9. The highest BCUT2D eigenvalue weighted by Gasteiger charge is 2.32. The number of hydrogen-bond acceptors (Lipinski definition) is 10. The van der Waals surface area contributed by atoms with Gasteiger partial charge in [0.15, 0.2) is 16.7 Å². The molecule has 1 N–H and O–H groups in total. The van der Waals surface area contributed by atoms with Crippen LogP contribution in [0, 0.1) is 0 Å². The van der Waals surface area contributed by atoms with Gasteiger partial charge in [0.2, 0.25) is 16.9 Å². The molecular formula is C25H27N6O6S+. The molecule has 0 unspecified atom stereocenters. The zero-order chi connectivity index (χ0) is 27.2. The molecule has 0 saturated carbocycles. The van der Waals surface area contributed by atoms with Crippen LogP contribution >= 0.6 is 11.8 Å². The number of nitrogens with zero attached hydrogens (tertiary/aromatic N) is 5. The summed E-state index contributed by atoms with van der Waals surface area (Å²) in [5, 5.41) is 8.46. The number of aromatic nitrogens is 2. The van der Waals surface area contributed by atoms with E-state index in [1.807, 2.05) is 18.2 Å². The summed E-state index contributed by atoms with van der Waals surface area (Å²) in [7, 11) is 8.11. The SMILES string of the molecule is COc1cc(/C=C2/N=C(SCC(=O)Nc3c[n+](N(C)C)no3)N(c3ccccc3)C2=O)cc(OC)c1OC. The summed E-state index contributed by atoms with van der Waals surface area (Å²) in [5.41, 5.74) is 1.44. The average molecular weight is 540 g/mol. The number of benzene rings is 2. The number of hydrogen-bond donors (Lipinski definition) is 1. The molecular weight excluding hydrogens is 512 g/mol. The van der Waals surface area contributed by atoms with Gasteiger partial charge in [-0.15, -0.1) is 0 Å². The molecule has 1 aliphatic heterocycles. The smallest absolute Gasteiger partial charge is 0.305 e. The van der Waals surface area contributed by atoms with Crippen LogP contribution < -0.4 is 34.2 Å². The third-order valence-electron chi connectivity index (χ3n) is 5.29. The predicted octanol–water partition coefficient (Wildman–Crippen LogP) is 2.30. The van der Waals surface area contributed by atoms with Gasteiger partial charge in [0.25, 0.3) is 12.1 Å². The number of carbonyl (C=O) groups excluding carboxylic acids is 2. The fraction of sp³-hybridized carbons (Fsp3) is 0.240. The summed E-state index contributed by atoms with van der Waals surface area (Å²) in [6.07, 6.45) is 3.17. The van der Waals surface area contributed by atoms with Gasteiger partial charge >= 0.3 is 5.88 Å². The topological polar surface area (TPSA) is 123 Å². The number of anilines is 2. The van der Waals surface area contributed by atoms with E-state index in [4.69, 9.17) is 18.7 Å². The Morgan fingerprint density at radius 2 is 1.82 bits per heavy atom. The second-order valence-electron chi connectivity index (χ2n) is 8.03. The van der Waals surface area contributed by atoms with Gasteiger partial charge in [-0.2, -0.15) is 5.01 Å². The molecule has 0 atom stereocenters.